The van der Waals surface area contributed by atoms with E-state index in [1.807, 2.05) is 12.1 Å². The van der Waals surface area contributed by atoms with Gasteiger partial charge in [-0.2, -0.15) is 0 Å². The van der Waals surface area contributed by atoms with E-state index >= 15 is 0 Å². The number of nitrogens with zero attached hydrogens (tertiary/aromatic N) is 2. The second-order valence-electron chi connectivity index (χ2n) is 5.65. The smallest absolute Gasteiger partial charge is 0.407 e. The van der Waals surface area contributed by atoms with Gasteiger partial charge in [0.25, 0.3) is 0 Å². The van der Waals surface area contributed by atoms with Crippen LogP contribution in [0.4, 0.5) is 10.5 Å². The quantitative estimate of drug-likeness (QED) is 0.640. The first-order valence-electron chi connectivity index (χ1n) is 7.98. The van der Waals surface area contributed by atoms with E-state index in [1.165, 1.54) is 0 Å². The fourth-order valence-corrected chi connectivity index (χ4v) is 2.82. The molecule has 1 fully saturated rings. The number of amides is 1. The molecule has 0 aromatic carbocycles. The zero-order chi connectivity index (χ0) is 17.9. The summed E-state index contributed by atoms with van der Waals surface area (Å²) in [7, 11) is 0. The van der Waals surface area contributed by atoms with E-state index in [0.717, 1.165) is 11.4 Å². The van der Waals surface area contributed by atoms with Crippen molar-refractivity contribution in [2.24, 2.45) is 0 Å². The topological polar surface area (TPSA) is 98.5 Å². The second kappa shape index (κ2) is 7.09. The Morgan fingerprint density at radius 2 is 2.31 bits per heavy atom. The monoisotopic (exact) mass is 374 g/mol. The Balaban J connectivity index is 1.57. The van der Waals surface area contributed by atoms with Crippen LogP contribution >= 0.6 is 11.6 Å². The lowest BCUT2D eigenvalue weighted by Crippen LogP contribution is -2.22. The molecular formula is C17H15ClN4O4. The maximum Gasteiger partial charge on any atom is 0.407 e. The molecule has 3 aromatic rings. The van der Waals surface area contributed by atoms with Crippen LogP contribution in [0.1, 0.15) is 5.76 Å². The molecule has 2 N–H and O–H groups in total. The first kappa shape index (κ1) is 16.5. The highest BCUT2D eigenvalue weighted by molar-refractivity contribution is 6.30. The van der Waals surface area contributed by atoms with Gasteiger partial charge < -0.3 is 24.5 Å². The Kier molecular flexibility index (Phi) is 4.49. The number of carbonyl (C=O) groups is 1. The number of aromatic nitrogens is 2. The first-order valence-corrected chi connectivity index (χ1v) is 8.35. The summed E-state index contributed by atoms with van der Waals surface area (Å²) in [5.74, 6) is 1.30. The first-order chi connectivity index (χ1) is 12.7. The number of halogens is 1. The number of cyclic esters (lactones) is 1. The van der Waals surface area contributed by atoms with Gasteiger partial charge in [0, 0.05) is 18.3 Å². The molecule has 1 aliphatic rings. The van der Waals surface area contributed by atoms with Crippen LogP contribution < -0.4 is 15.4 Å². The van der Waals surface area contributed by atoms with Crippen molar-refractivity contribution in [2.75, 3.05) is 18.5 Å². The third-order valence-electron chi connectivity index (χ3n) is 3.83. The van der Waals surface area contributed by atoms with Gasteiger partial charge in [0.15, 0.2) is 6.10 Å². The summed E-state index contributed by atoms with van der Waals surface area (Å²) in [6.45, 7) is 1.10. The third-order valence-corrected chi connectivity index (χ3v) is 4.02. The molecule has 1 unspecified atom stereocenters. The average molecular weight is 375 g/mol. The van der Waals surface area contributed by atoms with Crippen LogP contribution in [0.5, 0.6) is 5.75 Å². The molecule has 0 bridgehead atoms. The van der Waals surface area contributed by atoms with Crippen LogP contribution in [0, 0.1) is 0 Å². The van der Waals surface area contributed by atoms with Gasteiger partial charge in [-0.1, -0.05) is 11.6 Å². The highest BCUT2D eigenvalue weighted by atomic mass is 35.5. The van der Waals surface area contributed by atoms with Gasteiger partial charge in [-0.3, -0.25) is 4.98 Å². The zero-order valence-corrected chi connectivity index (χ0v) is 14.3. The number of carbonyl (C=O) groups excluding carboxylic acids is 1. The lowest BCUT2D eigenvalue weighted by atomic mass is 10.2. The van der Waals surface area contributed by atoms with Crippen molar-refractivity contribution in [2.45, 2.75) is 12.6 Å². The van der Waals surface area contributed by atoms with Crippen molar-refractivity contribution in [1.82, 2.24) is 15.3 Å². The van der Waals surface area contributed by atoms with Crippen LogP contribution in [0.3, 0.4) is 0 Å². The molecule has 8 nitrogen and oxygen atoms in total. The minimum absolute atomic E-state index is 0.210. The number of pyridine rings is 2. The van der Waals surface area contributed by atoms with Gasteiger partial charge in [0.1, 0.15) is 34.3 Å². The maximum absolute atomic E-state index is 11.1. The molecule has 0 aliphatic carbocycles. The Morgan fingerprint density at radius 1 is 1.38 bits per heavy atom. The lowest BCUT2D eigenvalue weighted by molar-refractivity contribution is 0.105. The van der Waals surface area contributed by atoms with E-state index < -0.39 is 6.09 Å². The predicted octanol–water partition coefficient (Wildman–Crippen LogP) is 2.98. The van der Waals surface area contributed by atoms with E-state index in [1.54, 1.807) is 24.6 Å². The van der Waals surface area contributed by atoms with Crippen molar-refractivity contribution < 1.29 is 18.7 Å². The fraction of sp³-hybridized carbons (Fsp3) is 0.235. The highest BCUT2D eigenvalue weighted by Crippen LogP contribution is 2.30. The molecule has 0 saturated carbocycles. The van der Waals surface area contributed by atoms with E-state index in [2.05, 4.69) is 20.6 Å². The minimum atomic E-state index is -0.441. The number of alkyl carbamates (subject to hydrolysis) is 1. The number of anilines is 1. The summed E-state index contributed by atoms with van der Waals surface area (Å²) >= 11 is 6.17. The predicted molar refractivity (Wildman–Crippen MR) is 94.3 cm³/mol. The molecule has 0 spiro atoms. The summed E-state index contributed by atoms with van der Waals surface area (Å²) < 4.78 is 16.2. The molecule has 1 amide bonds. The largest absolute Gasteiger partial charge is 0.487 e. The van der Waals surface area contributed by atoms with Gasteiger partial charge in [0.05, 0.1) is 25.0 Å². The average Bonchev–Trinajstić information content (AvgIpc) is 3.29. The molecule has 26 heavy (non-hydrogen) atoms. The van der Waals surface area contributed by atoms with Crippen LogP contribution in [-0.4, -0.2) is 35.3 Å². The number of hydrogen-bond donors (Lipinski definition) is 2. The molecule has 1 saturated heterocycles. The number of nitrogens with one attached hydrogen (secondary N) is 2. The highest BCUT2D eigenvalue weighted by Gasteiger charge is 2.23. The lowest BCUT2D eigenvalue weighted by Gasteiger charge is -2.13. The number of hydrogen-bond acceptors (Lipinski definition) is 7. The van der Waals surface area contributed by atoms with E-state index in [0.29, 0.717) is 35.0 Å². The van der Waals surface area contributed by atoms with Crippen LogP contribution in [-0.2, 0) is 11.3 Å². The summed E-state index contributed by atoms with van der Waals surface area (Å²) in [5.41, 5.74) is 1.87. The summed E-state index contributed by atoms with van der Waals surface area (Å²) in [4.78, 5) is 19.8. The molecule has 9 heteroatoms. The number of ether oxygens (including phenoxy) is 2. The molecule has 4 heterocycles. The standard InChI is InChI=1S/C17H15ClN4O4/c18-14-6-12(20-7-10-2-1-5-24-10)15-16(22-14)13(3-4-19-15)25-9-11-8-21-17(23)26-11/h1-6,11H,7-9H2,(H,20,22)(H,21,23). The van der Waals surface area contributed by atoms with Crippen LogP contribution in [0.15, 0.2) is 41.1 Å². The molecule has 4 rings (SSSR count). The van der Waals surface area contributed by atoms with Gasteiger partial charge in [-0.25, -0.2) is 9.78 Å². The Hall–Kier alpha value is -3.00. The third kappa shape index (κ3) is 3.50. The molecule has 1 aliphatic heterocycles. The summed E-state index contributed by atoms with van der Waals surface area (Å²) in [5, 5.41) is 6.14. The minimum Gasteiger partial charge on any atom is -0.487 e. The van der Waals surface area contributed by atoms with Crippen LogP contribution in [0.2, 0.25) is 5.15 Å². The molecule has 3 aromatic heterocycles. The van der Waals surface area contributed by atoms with Gasteiger partial charge in [-0.05, 0) is 12.1 Å². The number of rotatable bonds is 6. The molecule has 134 valence electrons. The van der Waals surface area contributed by atoms with Gasteiger partial charge >= 0.3 is 6.09 Å². The molecule has 1 atom stereocenters. The Morgan fingerprint density at radius 3 is 3.08 bits per heavy atom. The SMILES string of the molecule is O=C1NCC(COc2ccnc3c(NCc4ccco4)cc(Cl)nc23)O1. The normalized spacial score (nSPS) is 16.3. The van der Waals surface area contributed by atoms with Crippen LogP contribution in [0.25, 0.3) is 11.0 Å². The maximum atomic E-state index is 11.1. The Bertz CT molecular complexity index is 932. The van der Waals surface area contributed by atoms with Gasteiger partial charge in [0.2, 0.25) is 0 Å². The second-order valence-corrected chi connectivity index (χ2v) is 6.04. The number of furan rings is 1. The Labute approximate surface area is 153 Å². The zero-order valence-electron chi connectivity index (χ0n) is 13.6. The van der Waals surface area contributed by atoms with Crippen molar-refractivity contribution in [3.8, 4) is 5.75 Å². The molecule has 0 radical (unpaired) electrons. The fourth-order valence-electron chi connectivity index (χ4n) is 2.62. The van der Waals surface area contributed by atoms with Crippen molar-refractivity contribution in [3.63, 3.8) is 0 Å². The van der Waals surface area contributed by atoms with E-state index in [4.69, 9.17) is 25.5 Å². The molecular weight excluding hydrogens is 360 g/mol. The number of fused-ring (bicyclic) bond motifs is 1. The van der Waals surface area contributed by atoms with Crippen molar-refractivity contribution >= 4 is 34.4 Å². The van der Waals surface area contributed by atoms with E-state index in [-0.39, 0.29) is 12.7 Å². The van der Waals surface area contributed by atoms with Crippen molar-refractivity contribution in [1.29, 1.82) is 0 Å². The summed E-state index contributed by atoms with van der Waals surface area (Å²) in [6, 6.07) is 7.10. The van der Waals surface area contributed by atoms with Crippen molar-refractivity contribution in [3.05, 3.63) is 47.6 Å². The van der Waals surface area contributed by atoms with Gasteiger partial charge in [-0.15, -0.1) is 0 Å². The summed E-state index contributed by atoms with van der Waals surface area (Å²) in [6.07, 6.45) is 2.46. The van der Waals surface area contributed by atoms with E-state index in [9.17, 15) is 4.79 Å².